The molecule has 1 aliphatic heterocycles. The predicted octanol–water partition coefficient (Wildman–Crippen LogP) is 3.00. The highest BCUT2D eigenvalue weighted by Gasteiger charge is 2.27. The molecule has 0 saturated heterocycles. The van der Waals surface area contributed by atoms with E-state index in [9.17, 15) is 4.79 Å². The van der Waals surface area contributed by atoms with Crippen LogP contribution in [0.25, 0.3) is 0 Å². The van der Waals surface area contributed by atoms with Gasteiger partial charge in [0, 0.05) is 17.9 Å². The van der Waals surface area contributed by atoms with Crippen LogP contribution in [0.4, 0.5) is 5.69 Å². The molecule has 0 bridgehead atoms. The van der Waals surface area contributed by atoms with Gasteiger partial charge in [-0.15, -0.1) is 0 Å². The fraction of sp³-hybridized carbons (Fsp3) is 0.278. The van der Waals surface area contributed by atoms with Crippen molar-refractivity contribution in [2.45, 2.75) is 19.6 Å². The summed E-state index contributed by atoms with van der Waals surface area (Å²) in [6, 6.07) is 14.9. The van der Waals surface area contributed by atoms with E-state index in [0.717, 1.165) is 11.3 Å². The van der Waals surface area contributed by atoms with Crippen molar-refractivity contribution < 1.29 is 19.0 Å². The largest absolute Gasteiger partial charge is 0.485 e. The molecule has 0 radical (unpaired) electrons. The summed E-state index contributed by atoms with van der Waals surface area (Å²) in [5.41, 5.74) is 1.66. The Labute approximate surface area is 135 Å². The summed E-state index contributed by atoms with van der Waals surface area (Å²) in [6.07, 6.45) is -0.676. The molecule has 0 aromatic heterocycles. The highest BCUT2D eigenvalue weighted by molar-refractivity contribution is 5.95. The van der Waals surface area contributed by atoms with Crippen molar-refractivity contribution in [3.05, 3.63) is 54.1 Å². The van der Waals surface area contributed by atoms with Gasteiger partial charge < -0.3 is 19.5 Å². The number of hydrogen-bond acceptors (Lipinski definition) is 4. The average molecular weight is 313 g/mol. The van der Waals surface area contributed by atoms with E-state index < -0.39 is 6.10 Å². The maximum atomic E-state index is 12.4. The van der Waals surface area contributed by atoms with Crippen LogP contribution in [0.15, 0.2) is 48.5 Å². The molecule has 3 rings (SSSR count). The zero-order valence-electron chi connectivity index (χ0n) is 13.0. The van der Waals surface area contributed by atoms with E-state index in [1.165, 1.54) is 0 Å². The Kier molecular flexibility index (Phi) is 4.78. The van der Waals surface area contributed by atoms with Crippen molar-refractivity contribution in [3.63, 3.8) is 0 Å². The number of rotatable bonds is 5. The molecule has 0 spiro atoms. The van der Waals surface area contributed by atoms with Crippen LogP contribution in [0, 0.1) is 0 Å². The first-order valence-corrected chi connectivity index (χ1v) is 7.63. The minimum absolute atomic E-state index is 0.191. The van der Waals surface area contributed by atoms with Gasteiger partial charge in [-0.1, -0.05) is 30.3 Å². The zero-order valence-corrected chi connectivity index (χ0v) is 13.0. The van der Waals surface area contributed by atoms with Gasteiger partial charge in [-0.05, 0) is 25.1 Å². The number of nitrogens with one attached hydrogen (secondary N) is 1. The molecule has 2 aromatic rings. The maximum absolute atomic E-state index is 12.4. The third-order valence-electron chi connectivity index (χ3n) is 3.54. The molecule has 120 valence electrons. The molecule has 1 aliphatic rings. The van der Waals surface area contributed by atoms with Crippen LogP contribution in [-0.4, -0.2) is 25.2 Å². The van der Waals surface area contributed by atoms with Crippen LogP contribution in [0.2, 0.25) is 0 Å². The number of carbonyl (C=O) groups excluding carboxylic acids is 1. The van der Waals surface area contributed by atoms with E-state index in [0.29, 0.717) is 24.7 Å². The van der Waals surface area contributed by atoms with Crippen LogP contribution >= 0.6 is 0 Å². The SMILES string of the molecule is CCOCc1ccccc1NC(=O)C1COc2ccccc2O1. The summed E-state index contributed by atoms with van der Waals surface area (Å²) in [5.74, 6) is 1.01. The third-order valence-corrected chi connectivity index (χ3v) is 3.54. The monoisotopic (exact) mass is 313 g/mol. The molecule has 0 saturated carbocycles. The molecule has 1 amide bonds. The number of amides is 1. The van der Waals surface area contributed by atoms with Crippen molar-refractivity contribution in [2.24, 2.45) is 0 Å². The minimum Gasteiger partial charge on any atom is -0.485 e. The highest BCUT2D eigenvalue weighted by Crippen LogP contribution is 2.31. The molecule has 5 heteroatoms. The van der Waals surface area contributed by atoms with Crippen LogP contribution in [0.1, 0.15) is 12.5 Å². The lowest BCUT2D eigenvalue weighted by molar-refractivity contribution is -0.125. The molecule has 0 aliphatic carbocycles. The summed E-state index contributed by atoms with van der Waals surface area (Å²) in [6.45, 7) is 3.21. The summed E-state index contributed by atoms with van der Waals surface area (Å²) in [5, 5.41) is 2.90. The summed E-state index contributed by atoms with van der Waals surface area (Å²) in [7, 11) is 0. The van der Waals surface area contributed by atoms with E-state index in [1.54, 1.807) is 6.07 Å². The lowest BCUT2D eigenvalue weighted by Gasteiger charge is -2.25. The Morgan fingerprint density at radius 1 is 1.17 bits per heavy atom. The number of para-hydroxylation sites is 3. The quantitative estimate of drug-likeness (QED) is 0.922. The molecule has 1 unspecified atom stereocenters. The van der Waals surface area contributed by atoms with Crippen LogP contribution in [0.5, 0.6) is 11.5 Å². The molecular weight excluding hydrogens is 294 g/mol. The Morgan fingerprint density at radius 2 is 1.91 bits per heavy atom. The molecule has 2 aromatic carbocycles. The fourth-order valence-corrected chi connectivity index (χ4v) is 2.34. The van der Waals surface area contributed by atoms with Gasteiger partial charge >= 0.3 is 0 Å². The molecule has 1 N–H and O–H groups in total. The molecule has 5 nitrogen and oxygen atoms in total. The van der Waals surface area contributed by atoms with Crippen molar-refractivity contribution in [1.82, 2.24) is 0 Å². The van der Waals surface area contributed by atoms with Gasteiger partial charge in [-0.25, -0.2) is 0 Å². The second-order valence-corrected chi connectivity index (χ2v) is 5.15. The van der Waals surface area contributed by atoms with Crippen molar-refractivity contribution in [2.75, 3.05) is 18.5 Å². The second kappa shape index (κ2) is 7.15. The number of fused-ring (bicyclic) bond motifs is 1. The number of anilines is 1. The Morgan fingerprint density at radius 3 is 2.74 bits per heavy atom. The third kappa shape index (κ3) is 3.63. The van der Waals surface area contributed by atoms with Crippen molar-refractivity contribution >= 4 is 11.6 Å². The smallest absolute Gasteiger partial charge is 0.269 e. The van der Waals surface area contributed by atoms with E-state index >= 15 is 0 Å². The molecule has 0 fully saturated rings. The van der Waals surface area contributed by atoms with E-state index in [4.69, 9.17) is 14.2 Å². The van der Waals surface area contributed by atoms with Crippen LogP contribution < -0.4 is 14.8 Å². The van der Waals surface area contributed by atoms with Gasteiger partial charge in [0.25, 0.3) is 5.91 Å². The molecule has 1 heterocycles. The normalized spacial score (nSPS) is 16.0. The zero-order chi connectivity index (χ0) is 16.1. The Bertz CT molecular complexity index is 686. The lowest BCUT2D eigenvalue weighted by atomic mass is 10.1. The van der Waals surface area contributed by atoms with Gasteiger partial charge in [0.1, 0.15) is 6.61 Å². The van der Waals surface area contributed by atoms with Gasteiger partial charge in [-0.3, -0.25) is 4.79 Å². The second-order valence-electron chi connectivity index (χ2n) is 5.15. The number of carbonyl (C=O) groups is 1. The summed E-state index contributed by atoms with van der Waals surface area (Å²) in [4.78, 5) is 12.4. The first-order valence-electron chi connectivity index (χ1n) is 7.63. The standard InChI is InChI=1S/C18H19NO4/c1-2-21-11-13-7-3-4-8-14(13)19-18(20)17-12-22-15-9-5-6-10-16(15)23-17/h3-10,17H,2,11-12H2,1H3,(H,19,20). The number of benzene rings is 2. The maximum Gasteiger partial charge on any atom is 0.269 e. The van der Waals surface area contributed by atoms with E-state index in [2.05, 4.69) is 5.32 Å². The highest BCUT2D eigenvalue weighted by atomic mass is 16.6. The molecule has 23 heavy (non-hydrogen) atoms. The van der Waals surface area contributed by atoms with Crippen molar-refractivity contribution in [3.8, 4) is 11.5 Å². The Hall–Kier alpha value is -2.53. The summed E-state index contributed by atoms with van der Waals surface area (Å²) < 4.78 is 16.7. The van der Waals surface area contributed by atoms with Gasteiger partial charge in [-0.2, -0.15) is 0 Å². The molecule has 1 atom stereocenters. The number of hydrogen-bond donors (Lipinski definition) is 1. The van der Waals surface area contributed by atoms with Gasteiger partial charge in [0.15, 0.2) is 11.5 Å². The predicted molar refractivity (Wildman–Crippen MR) is 86.8 cm³/mol. The Balaban J connectivity index is 1.68. The van der Waals surface area contributed by atoms with Crippen LogP contribution in [-0.2, 0) is 16.1 Å². The first-order chi connectivity index (χ1) is 11.3. The molecular formula is C18H19NO4. The van der Waals surface area contributed by atoms with Gasteiger partial charge in [0.05, 0.1) is 6.61 Å². The summed E-state index contributed by atoms with van der Waals surface area (Å²) >= 11 is 0. The van der Waals surface area contributed by atoms with E-state index in [1.807, 2.05) is 49.4 Å². The minimum atomic E-state index is -0.676. The van der Waals surface area contributed by atoms with Crippen LogP contribution in [0.3, 0.4) is 0 Å². The fourth-order valence-electron chi connectivity index (χ4n) is 2.34. The topological polar surface area (TPSA) is 56.8 Å². The first kappa shape index (κ1) is 15.4. The average Bonchev–Trinajstić information content (AvgIpc) is 2.60. The van der Waals surface area contributed by atoms with Crippen molar-refractivity contribution in [1.29, 1.82) is 0 Å². The van der Waals surface area contributed by atoms with E-state index in [-0.39, 0.29) is 12.5 Å². The van der Waals surface area contributed by atoms with Gasteiger partial charge in [0.2, 0.25) is 6.10 Å². The lowest BCUT2D eigenvalue weighted by Crippen LogP contribution is -2.40. The number of ether oxygens (including phenoxy) is 3.